The number of halogens is 1. The van der Waals surface area contributed by atoms with Gasteiger partial charge in [-0.3, -0.25) is 15.5 Å². The van der Waals surface area contributed by atoms with Crippen molar-refractivity contribution in [3.05, 3.63) is 38.9 Å². The van der Waals surface area contributed by atoms with Crippen molar-refractivity contribution in [3.63, 3.8) is 0 Å². The van der Waals surface area contributed by atoms with Crippen molar-refractivity contribution >= 4 is 40.8 Å². The summed E-state index contributed by atoms with van der Waals surface area (Å²) in [6.45, 7) is 2.22. The molecule has 1 saturated carbocycles. The summed E-state index contributed by atoms with van der Waals surface area (Å²) in [6.07, 6.45) is 6.27. The maximum atomic E-state index is 10.8. The molecule has 8 heteroatoms. The molecule has 23 heavy (non-hydrogen) atoms. The highest BCUT2D eigenvalue weighted by molar-refractivity contribution is 7.80. The van der Waals surface area contributed by atoms with Crippen molar-refractivity contribution in [1.82, 2.24) is 10.7 Å². The Morgan fingerprint density at radius 3 is 2.91 bits per heavy atom. The maximum absolute atomic E-state index is 10.8. The summed E-state index contributed by atoms with van der Waals surface area (Å²) in [5.74, 6) is 0.589. The zero-order valence-electron chi connectivity index (χ0n) is 12.8. The first-order chi connectivity index (χ1) is 11.0. The van der Waals surface area contributed by atoms with Crippen LogP contribution in [0.1, 0.15) is 38.2 Å². The molecule has 0 aliphatic heterocycles. The average Bonchev–Trinajstić information content (AvgIpc) is 2.51. The van der Waals surface area contributed by atoms with Crippen LogP contribution in [-0.4, -0.2) is 22.3 Å². The number of nitrogens with one attached hydrogen (secondary N) is 2. The third-order valence-electron chi connectivity index (χ3n) is 3.97. The van der Waals surface area contributed by atoms with Gasteiger partial charge in [-0.2, -0.15) is 5.10 Å². The minimum Gasteiger partial charge on any atom is -0.358 e. The number of rotatable bonds is 4. The highest BCUT2D eigenvalue weighted by Crippen LogP contribution is 2.24. The summed E-state index contributed by atoms with van der Waals surface area (Å²) in [5.41, 5.74) is 3.17. The number of hydrogen-bond acceptors (Lipinski definition) is 4. The second kappa shape index (κ2) is 8.21. The van der Waals surface area contributed by atoms with Gasteiger partial charge < -0.3 is 5.32 Å². The van der Waals surface area contributed by atoms with Crippen LogP contribution in [0, 0.1) is 16.0 Å². The molecular formula is C15H19ClN4O2S. The maximum Gasteiger partial charge on any atom is 0.288 e. The lowest BCUT2D eigenvalue weighted by Crippen LogP contribution is -2.44. The van der Waals surface area contributed by atoms with E-state index in [1.54, 1.807) is 6.07 Å². The third kappa shape index (κ3) is 5.14. The Bertz CT molecular complexity index is 623. The van der Waals surface area contributed by atoms with E-state index in [4.69, 9.17) is 23.8 Å². The fourth-order valence-corrected chi connectivity index (χ4v) is 3.04. The Hall–Kier alpha value is -1.73. The highest BCUT2D eigenvalue weighted by Gasteiger charge is 2.21. The van der Waals surface area contributed by atoms with Crippen molar-refractivity contribution in [2.45, 2.75) is 38.6 Å². The smallest absolute Gasteiger partial charge is 0.288 e. The number of benzene rings is 1. The van der Waals surface area contributed by atoms with Gasteiger partial charge in [-0.1, -0.05) is 37.4 Å². The zero-order chi connectivity index (χ0) is 16.8. The van der Waals surface area contributed by atoms with Crippen molar-refractivity contribution in [2.75, 3.05) is 0 Å². The first-order valence-electron chi connectivity index (χ1n) is 7.51. The van der Waals surface area contributed by atoms with E-state index in [1.165, 1.54) is 37.6 Å². The Balaban J connectivity index is 1.89. The van der Waals surface area contributed by atoms with Crippen molar-refractivity contribution < 1.29 is 4.92 Å². The fraction of sp³-hybridized carbons (Fsp3) is 0.467. The quantitative estimate of drug-likeness (QED) is 0.373. The van der Waals surface area contributed by atoms with Crippen LogP contribution in [0.5, 0.6) is 0 Å². The SMILES string of the molecule is C[C@H]1CCCC[C@H]1NC(=S)N/N=C\c1ccc(Cl)c([N+](=O)[O-])c1. The molecule has 1 aromatic carbocycles. The van der Waals surface area contributed by atoms with E-state index >= 15 is 0 Å². The topological polar surface area (TPSA) is 79.6 Å². The van der Waals surface area contributed by atoms with Gasteiger partial charge in [0.2, 0.25) is 0 Å². The van der Waals surface area contributed by atoms with E-state index in [9.17, 15) is 10.1 Å². The molecule has 1 fully saturated rings. The second-order valence-electron chi connectivity index (χ2n) is 5.68. The van der Waals surface area contributed by atoms with Crippen LogP contribution >= 0.6 is 23.8 Å². The minimum absolute atomic E-state index is 0.101. The molecule has 6 nitrogen and oxygen atoms in total. The molecule has 124 valence electrons. The molecule has 0 radical (unpaired) electrons. The summed E-state index contributed by atoms with van der Waals surface area (Å²) >= 11 is 11.0. The number of hydrazone groups is 1. The minimum atomic E-state index is -0.524. The summed E-state index contributed by atoms with van der Waals surface area (Å²) in [7, 11) is 0. The van der Waals surface area contributed by atoms with Gasteiger partial charge in [0.1, 0.15) is 5.02 Å². The van der Waals surface area contributed by atoms with Gasteiger partial charge in [0.25, 0.3) is 5.69 Å². The zero-order valence-corrected chi connectivity index (χ0v) is 14.4. The summed E-state index contributed by atoms with van der Waals surface area (Å²) in [6, 6.07) is 4.87. The summed E-state index contributed by atoms with van der Waals surface area (Å²) in [4.78, 5) is 10.3. The largest absolute Gasteiger partial charge is 0.358 e. The second-order valence-corrected chi connectivity index (χ2v) is 6.50. The van der Waals surface area contributed by atoms with Gasteiger partial charge in [0.05, 0.1) is 11.1 Å². The third-order valence-corrected chi connectivity index (χ3v) is 4.50. The number of thiocarbonyl (C=S) groups is 1. The summed E-state index contributed by atoms with van der Waals surface area (Å²) in [5, 5.41) is 18.7. The van der Waals surface area contributed by atoms with Crippen LogP contribution in [0.25, 0.3) is 0 Å². The van der Waals surface area contributed by atoms with Gasteiger partial charge in [-0.25, -0.2) is 0 Å². The van der Waals surface area contributed by atoms with E-state index in [2.05, 4.69) is 22.8 Å². The van der Waals surface area contributed by atoms with E-state index in [0.29, 0.717) is 22.6 Å². The Labute approximate surface area is 145 Å². The van der Waals surface area contributed by atoms with Crippen LogP contribution < -0.4 is 10.7 Å². The Morgan fingerprint density at radius 2 is 2.22 bits per heavy atom. The molecule has 0 saturated heterocycles. The fourth-order valence-electron chi connectivity index (χ4n) is 2.65. The highest BCUT2D eigenvalue weighted by atomic mass is 35.5. The van der Waals surface area contributed by atoms with Gasteiger partial charge >= 0.3 is 0 Å². The number of nitrogens with zero attached hydrogens (tertiary/aromatic N) is 2. The molecule has 0 spiro atoms. The molecule has 1 aliphatic carbocycles. The van der Waals surface area contributed by atoms with Gasteiger partial charge in [-0.05, 0) is 37.0 Å². The lowest BCUT2D eigenvalue weighted by atomic mass is 9.86. The van der Waals surface area contributed by atoms with Gasteiger partial charge in [0.15, 0.2) is 5.11 Å². The molecule has 2 rings (SSSR count). The van der Waals surface area contributed by atoms with E-state index in [-0.39, 0.29) is 10.7 Å². The van der Waals surface area contributed by atoms with E-state index in [1.807, 2.05) is 0 Å². The molecule has 1 aliphatic rings. The number of nitro groups is 1. The first-order valence-corrected chi connectivity index (χ1v) is 8.29. The summed E-state index contributed by atoms with van der Waals surface area (Å²) < 4.78 is 0. The molecule has 1 aromatic rings. The molecule has 2 N–H and O–H groups in total. The molecule has 2 atom stereocenters. The Kier molecular flexibility index (Phi) is 6.29. The van der Waals surface area contributed by atoms with Crippen LogP contribution in [-0.2, 0) is 0 Å². The predicted molar refractivity (Wildman–Crippen MR) is 96.0 cm³/mol. The monoisotopic (exact) mass is 354 g/mol. The number of hydrogen-bond donors (Lipinski definition) is 2. The molecule has 0 amide bonds. The Morgan fingerprint density at radius 1 is 1.48 bits per heavy atom. The molecule has 0 bridgehead atoms. The predicted octanol–water partition coefficient (Wildman–Crippen LogP) is 3.62. The van der Waals surface area contributed by atoms with Crippen LogP contribution in [0.15, 0.2) is 23.3 Å². The first kappa shape index (κ1) is 17.6. The van der Waals surface area contributed by atoms with Crippen molar-refractivity contribution in [2.24, 2.45) is 11.0 Å². The normalized spacial score (nSPS) is 21.1. The van der Waals surface area contributed by atoms with E-state index < -0.39 is 4.92 Å². The standard InChI is InChI=1S/C15H19ClN4O2S/c1-10-4-2-3-5-13(10)18-15(23)19-17-9-11-6-7-12(16)14(8-11)20(21)22/h6-10,13H,2-5H2,1H3,(H2,18,19,23)/b17-9-/t10-,13+/m0/s1. The molecule has 0 aromatic heterocycles. The van der Waals surface area contributed by atoms with E-state index in [0.717, 1.165) is 6.42 Å². The number of nitro benzene ring substituents is 1. The van der Waals surface area contributed by atoms with Crippen molar-refractivity contribution in [1.29, 1.82) is 0 Å². The van der Waals surface area contributed by atoms with Crippen LogP contribution in [0.2, 0.25) is 5.02 Å². The molecular weight excluding hydrogens is 336 g/mol. The average molecular weight is 355 g/mol. The van der Waals surface area contributed by atoms with Crippen LogP contribution in [0.3, 0.4) is 0 Å². The van der Waals surface area contributed by atoms with Crippen molar-refractivity contribution in [3.8, 4) is 0 Å². The molecule has 0 heterocycles. The molecule has 0 unspecified atom stereocenters. The van der Waals surface area contributed by atoms with Crippen LogP contribution in [0.4, 0.5) is 5.69 Å². The lowest BCUT2D eigenvalue weighted by Gasteiger charge is -2.30. The van der Waals surface area contributed by atoms with Gasteiger partial charge in [-0.15, -0.1) is 0 Å². The van der Waals surface area contributed by atoms with Gasteiger partial charge in [0, 0.05) is 17.7 Å². The lowest BCUT2D eigenvalue weighted by molar-refractivity contribution is -0.384.